The summed E-state index contributed by atoms with van der Waals surface area (Å²) in [5.41, 5.74) is 0.764. The van der Waals surface area contributed by atoms with E-state index < -0.39 is 12.0 Å². The summed E-state index contributed by atoms with van der Waals surface area (Å²) in [5.74, 6) is 0.461. The van der Waals surface area contributed by atoms with Crippen LogP contribution in [0.3, 0.4) is 0 Å². The number of carbonyl (C=O) groups is 1. The molecule has 0 fully saturated rings. The highest BCUT2D eigenvalue weighted by molar-refractivity contribution is 5.79. The molecule has 0 aliphatic heterocycles. The minimum atomic E-state index is -0.831. The molecule has 0 bridgehead atoms. The standard InChI is InChI=1S/C14H21NO4/c1-5-11(14(16)17)15(6-2)12-8-7-10(18-3)9-13(12)19-4/h7-9,11H,5-6H2,1-4H3,(H,16,17). The van der Waals surface area contributed by atoms with Crippen molar-refractivity contribution in [1.29, 1.82) is 0 Å². The first kappa shape index (κ1) is 15.1. The molecule has 0 radical (unpaired) electrons. The number of likely N-dealkylation sites (N-methyl/N-ethyl adjacent to an activating group) is 1. The molecule has 1 rings (SSSR count). The summed E-state index contributed by atoms with van der Waals surface area (Å²) in [4.78, 5) is 13.1. The molecular weight excluding hydrogens is 246 g/mol. The highest BCUT2D eigenvalue weighted by atomic mass is 16.5. The predicted octanol–water partition coefficient (Wildman–Crippen LogP) is 2.39. The smallest absolute Gasteiger partial charge is 0.326 e. The van der Waals surface area contributed by atoms with E-state index in [9.17, 15) is 9.90 Å². The van der Waals surface area contributed by atoms with Crippen LogP contribution in [0.4, 0.5) is 5.69 Å². The Hall–Kier alpha value is -1.91. The van der Waals surface area contributed by atoms with Crippen molar-refractivity contribution >= 4 is 11.7 Å². The molecule has 0 aromatic heterocycles. The Morgan fingerprint density at radius 2 is 2.00 bits per heavy atom. The van der Waals surface area contributed by atoms with Crippen LogP contribution in [-0.4, -0.2) is 37.9 Å². The maximum atomic E-state index is 11.3. The van der Waals surface area contributed by atoms with Gasteiger partial charge in [0.1, 0.15) is 17.5 Å². The van der Waals surface area contributed by atoms with Gasteiger partial charge in [0.05, 0.1) is 19.9 Å². The molecular formula is C14H21NO4. The van der Waals surface area contributed by atoms with Crippen LogP contribution in [-0.2, 0) is 4.79 Å². The molecule has 106 valence electrons. The molecule has 1 atom stereocenters. The normalized spacial score (nSPS) is 11.8. The number of hydrogen-bond donors (Lipinski definition) is 1. The second kappa shape index (κ2) is 6.87. The molecule has 1 unspecified atom stereocenters. The van der Waals surface area contributed by atoms with E-state index in [2.05, 4.69) is 0 Å². The molecule has 0 saturated heterocycles. The Morgan fingerprint density at radius 1 is 1.32 bits per heavy atom. The third-order valence-electron chi connectivity index (χ3n) is 3.08. The summed E-state index contributed by atoms with van der Waals surface area (Å²) in [6, 6.07) is 4.82. The van der Waals surface area contributed by atoms with Gasteiger partial charge in [0, 0.05) is 12.6 Å². The molecule has 5 nitrogen and oxygen atoms in total. The Morgan fingerprint density at radius 3 is 2.42 bits per heavy atom. The van der Waals surface area contributed by atoms with Crippen molar-refractivity contribution in [2.75, 3.05) is 25.7 Å². The van der Waals surface area contributed by atoms with Crippen LogP contribution in [0.2, 0.25) is 0 Å². The summed E-state index contributed by atoms with van der Waals surface area (Å²) in [6.07, 6.45) is 0.526. The number of carboxylic acids is 1. The number of hydrogen-bond acceptors (Lipinski definition) is 4. The third-order valence-corrected chi connectivity index (χ3v) is 3.08. The number of carboxylic acid groups (broad SMARTS) is 1. The second-order valence-electron chi connectivity index (χ2n) is 4.09. The van der Waals surface area contributed by atoms with Gasteiger partial charge < -0.3 is 19.5 Å². The van der Waals surface area contributed by atoms with Crippen LogP contribution in [0, 0.1) is 0 Å². The van der Waals surface area contributed by atoms with Gasteiger partial charge in [-0.05, 0) is 25.5 Å². The van der Waals surface area contributed by atoms with E-state index in [0.29, 0.717) is 24.5 Å². The van der Waals surface area contributed by atoms with Gasteiger partial charge in [-0.3, -0.25) is 0 Å². The quantitative estimate of drug-likeness (QED) is 0.822. The maximum absolute atomic E-state index is 11.3. The van der Waals surface area contributed by atoms with Crippen molar-refractivity contribution in [2.45, 2.75) is 26.3 Å². The van der Waals surface area contributed by atoms with Gasteiger partial charge >= 0.3 is 5.97 Å². The van der Waals surface area contributed by atoms with Gasteiger partial charge in [-0.1, -0.05) is 6.92 Å². The van der Waals surface area contributed by atoms with Crippen molar-refractivity contribution in [3.8, 4) is 11.5 Å². The molecule has 1 aromatic carbocycles. The van der Waals surface area contributed by atoms with Gasteiger partial charge in [-0.2, -0.15) is 0 Å². The number of benzene rings is 1. The second-order valence-corrected chi connectivity index (χ2v) is 4.09. The fourth-order valence-corrected chi connectivity index (χ4v) is 2.11. The van der Waals surface area contributed by atoms with Crippen LogP contribution in [0.1, 0.15) is 20.3 Å². The maximum Gasteiger partial charge on any atom is 0.326 e. The van der Waals surface area contributed by atoms with Crippen LogP contribution in [0.25, 0.3) is 0 Å². The van der Waals surface area contributed by atoms with Crippen molar-refractivity contribution in [2.24, 2.45) is 0 Å². The Kier molecular flexibility index (Phi) is 5.48. The van der Waals surface area contributed by atoms with E-state index in [1.54, 1.807) is 26.4 Å². The molecule has 1 aromatic rings. The average molecular weight is 267 g/mol. The van der Waals surface area contributed by atoms with E-state index in [1.165, 1.54) is 0 Å². The van der Waals surface area contributed by atoms with Crippen LogP contribution in [0.15, 0.2) is 18.2 Å². The van der Waals surface area contributed by atoms with Crippen LogP contribution >= 0.6 is 0 Å². The zero-order chi connectivity index (χ0) is 14.4. The molecule has 5 heteroatoms. The summed E-state index contributed by atoms with van der Waals surface area (Å²) in [5, 5.41) is 9.29. The molecule has 0 saturated carbocycles. The van der Waals surface area contributed by atoms with Crippen molar-refractivity contribution in [3.63, 3.8) is 0 Å². The molecule has 1 N–H and O–H groups in total. The average Bonchev–Trinajstić information content (AvgIpc) is 2.43. The number of ether oxygens (including phenoxy) is 2. The Bertz CT molecular complexity index is 433. The fourth-order valence-electron chi connectivity index (χ4n) is 2.11. The van der Waals surface area contributed by atoms with Gasteiger partial charge in [-0.25, -0.2) is 4.79 Å². The highest BCUT2D eigenvalue weighted by Crippen LogP contribution is 2.33. The predicted molar refractivity (Wildman–Crippen MR) is 74.3 cm³/mol. The number of anilines is 1. The lowest BCUT2D eigenvalue weighted by Crippen LogP contribution is -2.41. The molecule has 0 aliphatic rings. The zero-order valence-electron chi connectivity index (χ0n) is 11.8. The molecule has 19 heavy (non-hydrogen) atoms. The Balaban J connectivity index is 3.20. The summed E-state index contributed by atoms with van der Waals surface area (Å²) >= 11 is 0. The lowest BCUT2D eigenvalue weighted by atomic mass is 10.1. The van der Waals surface area contributed by atoms with Crippen LogP contribution < -0.4 is 14.4 Å². The minimum absolute atomic E-state index is 0.526. The van der Waals surface area contributed by atoms with Gasteiger partial charge in [0.2, 0.25) is 0 Å². The number of methoxy groups -OCH3 is 2. The topological polar surface area (TPSA) is 59.0 Å². The van der Waals surface area contributed by atoms with E-state index in [0.717, 1.165) is 5.69 Å². The first-order valence-corrected chi connectivity index (χ1v) is 6.30. The van der Waals surface area contributed by atoms with Crippen molar-refractivity contribution in [1.82, 2.24) is 0 Å². The summed E-state index contributed by atoms with van der Waals surface area (Å²) < 4.78 is 10.5. The number of rotatable bonds is 7. The highest BCUT2D eigenvalue weighted by Gasteiger charge is 2.25. The first-order chi connectivity index (χ1) is 9.08. The third kappa shape index (κ3) is 3.30. The van der Waals surface area contributed by atoms with E-state index in [4.69, 9.17) is 9.47 Å². The van der Waals surface area contributed by atoms with E-state index in [-0.39, 0.29) is 0 Å². The van der Waals surface area contributed by atoms with Gasteiger partial charge in [0.25, 0.3) is 0 Å². The minimum Gasteiger partial charge on any atom is -0.497 e. The van der Waals surface area contributed by atoms with E-state index >= 15 is 0 Å². The van der Waals surface area contributed by atoms with Gasteiger partial charge in [-0.15, -0.1) is 0 Å². The Labute approximate surface area is 113 Å². The lowest BCUT2D eigenvalue weighted by molar-refractivity contribution is -0.138. The SMILES string of the molecule is CCC(C(=O)O)N(CC)c1ccc(OC)cc1OC. The molecule has 0 aliphatic carbocycles. The summed E-state index contributed by atoms with van der Waals surface area (Å²) in [6.45, 7) is 4.38. The summed E-state index contributed by atoms with van der Waals surface area (Å²) in [7, 11) is 3.14. The van der Waals surface area contributed by atoms with Gasteiger partial charge in [0.15, 0.2) is 0 Å². The zero-order valence-corrected chi connectivity index (χ0v) is 11.8. The van der Waals surface area contributed by atoms with Crippen molar-refractivity contribution in [3.05, 3.63) is 18.2 Å². The molecule has 0 spiro atoms. The molecule has 0 heterocycles. The van der Waals surface area contributed by atoms with E-state index in [1.807, 2.05) is 24.8 Å². The number of aliphatic carboxylic acids is 1. The largest absolute Gasteiger partial charge is 0.497 e. The van der Waals surface area contributed by atoms with Crippen molar-refractivity contribution < 1.29 is 19.4 Å². The number of nitrogens with zero attached hydrogens (tertiary/aromatic N) is 1. The van der Waals surface area contributed by atoms with Crippen LogP contribution in [0.5, 0.6) is 11.5 Å². The monoisotopic (exact) mass is 267 g/mol. The fraction of sp³-hybridized carbons (Fsp3) is 0.500. The first-order valence-electron chi connectivity index (χ1n) is 6.30. The molecule has 0 amide bonds. The lowest BCUT2D eigenvalue weighted by Gasteiger charge is -2.30.